The van der Waals surface area contributed by atoms with Crippen LogP contribution in [0, 0.1) is 5.82 Å². The van der Waals surface area contributed by atoms with Gasteiger partial charge in [-0.3, -0.25) is 0 Å². The van der Waals surface area contributed by atoms with Gasteiger partial charge in [0.1, 0.15) is 11.6 Å². The van der Waals surface area contributed by atoms with Crippen LogP contribution in [0.3, 0.4) is 0 Å². The van der Waals surface area contributed by atoms with Gasteiger partial charge in [0.25, 0.3) is 0 Å². The Morgan fingerprint density at radius 2 is 1.88 bits per heavy atom. The van der Waals surface area contributed by atoms with E-state index in [0.717, 1.165) is 18.7 Å². The van der Waals surface area contributed by atoms with Crippen molar-refractivity contribution in [3.63, 3.8) is 0 Å². The third-order valence-corrected chi connectivity index (χ3v) is 3.92. The van der Waals surface area contributed by atoms with Crippen molar-refractivity contribution >= 4 is 11.7 Å². The Bertz CT molecular complexity index is 702. The van der Waals surface area contributed by atoms with E-state index in [9.17, 15) is 14.3 Å². The molecule has 2 unspecified atom stereocenters. The number of aliphatic hydroxyl groups excluding tert-OH is 1. The van der Waals surface area contributed by atoms with Crippen molar-refractivity contribution in [2.75, 3.05) is 5.32 Å². The Balaban J connectivity index is 1.54. The smallest absolute Gasteiger partial charge is 0.319 e. The first kappa shape index (κ1) is 16.3. The molecule has 1 aliphatic carbocycles. The van der Waals surface area contributed by atoms with Gasteiger partial charge in [-0.05, 0) is 37.5 Å². The minimum Gasteiger partial charge on any atom is -0.386 e. The monoisotopic (exact) mass is 330 g/mol. The molecule has 1 aromatic heterocycles. The van der Waals surface area contributed by atoms with Gasteiger partial charge in [0, 0.05) is 5.92 Å². The van der Waals surface area contributed by atoms with E-state index in [1.165, 1.54) is 24.3 Å². The summed E-state index contributed by atoms with van der Waals surface area (Å²) >= 11 is 0. The Hall–Kier alpha value is -2.54. The summed E-state index contributed by atoms with van der Waals surface area (Å²) in [5.41, 5.74) is 1.02. The van der Waals surface area contributed by atoms with Crippen LogP contribution in [0.25, 0.3) is 0 Å². The van der Waals surface area contributed by atoms with Gasteiger partial charge in [0.15, 0.2) is 0 Å². The Morgan fingerprint density at radius 3 is 2.46 bits per heavy atom. The second-order valence-corrected chi connectivity index (χ2v) is 5.99. The minimum atomic E-state index is -0.940. The highest BCUT2D eigenvalue weighted by Crippen LogP contribution is 2.37. The number of halogens is 1. The maximum atomic E-state index is 12.9. The molecule has 0 aliphatic heterocycles. The number of benzene rings is 1. The quantitative estimate of drug-likeness (QED) is 0.787. The van der Waals surface area contributed by atoms with Crippen LogP contribution in [0.4, 0.5) is 14.9 Å². The van der Waals surface area contributed by atoms with E-state index in [1.807, 2.05) is 0 Å². The molecule has 1 heterocycles. The number of carbonyl (C=O) groups is 1. The van der Waals surface area contributed by atoms with E-state index in [1.54, 1.807) is 19.3 Å². The minimum absolute atomic E-state index is 0.376. The summed E-state index contributed by atoms with van der Waals surface area (Å²) in [6, 6.07) is 4.49. The van der Waals surface area contributed by atoms with E-state index in [4.69, 9.17) is 0 Å². The van der Waals surface area contributed by atoms with Crippen LogP contribution in [0.5, 0.6) is 0 Å². The van der Waals surface area contributed by atoms with Crippen molar-refractivity contribution < 1.29 is 14.3 Å². The van der Waals surface area contributed by atoms with Gasteiger partial charge in [0.2, 0.25) is 0 Å². The van der Waals surface area contributed by atoms with Gasteiger partial charge in [-0.1, -0.05) is 12.1 Å². The third kappa shape index (κ3) is 4.05. The van der Waals surface area contributed by atoms with E-state index < -0.39 is 18.2 Å². The number of carbonyl (C=O) groups excluding carboxylic acids is 1. The maximum absolute atomic E-state index is 12.9. The first-order chi connectivity index (χ1) is 11.5. The van der Waals surface area contributed by atoms with Crippen molar-refractivity contribution in [1.82, 2.24) is 15.3 Å². The summed E-state index contributed by atoms with van der Waals surface area (Å²) < 4.78 is 12.9. The molecule has 1 saturated carbocycles. The molecule has 126 valence electrons. The van der Waals surface area contributed by atoms with E-state index >= 15 is 0 Å². The van der Waals surface area contributed by atoms with Gasteiger partial charge in [0.05, 0.1) is 30.2 Å². The Kier molecular flexibility index (Phi) is 4.71. The molecule has 6 nitrogen and oxygen atoms in total. The molecule has 2 atom stereocenters. The van der Waals surface area contributed by atoms with Crippen LogP contribution >= 0.6 is 0 Å². The van der Waals surface area contributed by atoms with Gasteiger partial charge >= 0.3 is 6.03 Å². The second-order valence-electron chi connectivity index (χ2n) is 5.99. The van der Waals surface area contributed by atoms with Crippen LogP contribution in [-0.4, -0.2) is 27.1 Å². The lowest BCUT2D eigenvalue weighted by atomic mass is 10.0. The first-order valence-corrected chi connectivity index (χ1v) is 7.86. The number of hydrogen-bond donors (Lipinski definition) is 3. The maximum Gasteiger partial charge on any atom is 0.319 e. The zero-order chi connectivity index (χ0) is 17.1. The number of anilines is 1. The average Bonchev–Trinajstić information content (AvgIpc) is 3.40. The number of nitrogens with zero attached hydrogens (tertiary/aromatic N) is 2. The number of hydrogen-bond acceptors (Lipinski definition) is 4. The molecule has 1 fully saturated rings. The molecular weight excluding hydrogens is 311 g/mol. The lowest BCUT2D eigenvalue weighted by Gasteiger charge is -2.20. The average molecular weight is 330 g/mol. The summed E-state index contributed by atoms with van der Waals surface area (Å²) in [5, 5.41) is 15.5. The molecule has 3 rings (SSSR count). The second kappa shape index (κ2) is 6.92. The highest BCUT2D eigenvalue weighted by molar-refractivity contribution is 5.89. The van der Waals surface area contributed by atoms with E-state index in [2.05, 4.69) is 20.6 Å². The zero-order valence-electron chi connectivity index (χ0n) is 13.2. The topological polar surface area (TPSA) is 87.1 Å². The molecule has 1 aliphatic rings. The molecule has 7 heteroatoms. The molecule has 0 radical (unpaired) electrons. The zero-order valence-corrected chi connectivity index (χ0v) is 13.2. The highest BCUT2D eigenvalue weighted by Gasteiger charge is 2.26. The SMILES string of the molecule is CC(NC(=O)Nc1cnc(C2CC2)nc1)C(O)c1ccc(F)cc1. The molecule has 3 N–H and O–H groups in total. The van der Waals surface area contributed by atoms with Gasteiger partial charge in [-0.25, -0.2) is 19.2 Å². The lowest BCUT2D eigenvalue weighted by molar-refractivity contribution is 0.139. The summed E-state index contributed by atoms with van der Waals surface area (Å²) in [6.07, 6.45) is 4.44. The van der Waals surface area contributed by atoms with Crippen LogP contribution in [0.15, 0.2) is 36.7 Å². The molecule has 1 aromatic carbocycles. The molecule has 2 amide bonds. The lowest BCUT2D eigenvalue weighted by Crippen LogP contribution is -2.39. The highest BCUT2D eigenvalue weighted by atomic mass is 19.1. The van der Waals surface area contributed by atoms with Crippen molar-refractivity contribution in [1.29, 1.82) is 0 Å². The van der Waals surface area contributed by atoms with Gasteiger partial charge < -0.3 is 15.7 Å². The number of amides is 2. The van der Waals surface area contributed by atoms with Crippen LogP contribution < -0.4 is 10.6 Å². The predicted octanol–water partition coefficient (Wildman–Crippen LogP) is 2.74. The number of rotatable bonds is 5. The molecule has 2 aromatic rings. The first-order valence-electron chi connectivity index (χ1n) is 7.86. The number of aliphatic hydroxyl groups is 1. The fraction of sp³-hybridized carbons (Fsp3) is 0.353. The fourth-order valence-electron chi connectivity index (χ4n) is 2.36. The van der Waals surface area contributed by atoms with Crippen LogP contribution in [-0.2, 0) is 0 Å². The van der Waals surface area contributed by atoms with E-state index in [0.29, 0.717) is 17.2 Å². The summed E-state index contributed by atoms with van der Waals surface area (Å²) in [4.78, 5) is 20.4. The third-order valence-electron chi connectivity index (χ3n) is 3.92. The molecule has 24 heavy (non-hydrogen) atoms. The summed E-state index contributed by atoms with van der Waals surface area (Å²) in [5.74, 6) is 0.888. The normalized spacial score (nSPS) is 16.3. The van der Waals surface area contributed by atoms with Gasteiger partial charge in [-0.15, -0.1) is 0 Å². The fourth-order valence-corrected chi connectivity index (χ4v) is 2.36. The standard InChI is InChI=1S/C17H19FN4O2/c1-10(15(23)11-4-6-13(18)7-5-11)21-17(24)22-14-8-19-16(20-9-14)12-2-3-12/h4-10,12,15,23H,2-3H2,1H3,(H2,21,22,24). The number of nitrogens with one attached hydrogen (secondary N) is 2. The predicted molar refractivity (Wildman–Crippen MR) is 87.0 cm³/mol. The van der Waals surface area contributed by atoms with Crippen molar-refractivity contribution in [2.45, 2.75) is 37.8 Å². The summed E-state index contributed by atoms with van der Waals surface area (Å²) in [7, 11) is 0. The number of urea groups is 1. The van der Waals surface area contributed by atoms with Crippen molar-refractivity contribution in [3.8, 4) is 0 Å². The molecule has 0 spiro atoms. The summed E-state index contributed by atoms with van der Waals surface area (Å²) in [6.45, 7) is 1.67. The Labute approximate surface area is 139 Å². The van der Waals surface area contributed by atoms with E-state index in [-0.39, 0.29) is 5.82 Å². The van der Waals surface area contributed by atoms with Crippen LogP contribution in [0.2, 0.25) is 0 Å². The molecular formula is C17H19FN4O2. The Morgan fingerprint density at radius 1 is 1.25 bits per heavy atom. The van der Waals surface area contributed by atoms with Gasteiger partial charge in [-0.2, -0.15) is 0 Å². The largest absolute Gasteiger partial charge is 0.386 e. The molecule has 0 bridgehead atoms. The molecule has 0 saturated heterocycles. The van der Waals surface area contributed by atoms with Crippen molar-refractivity contribution in [2.24, 2.45) is 0 Å². The van der Waals surface area contributed by atoms with Crippen LogP contribution in [0.1, 0.15) is 43.2 Å². The number of aromatic nitrogens is 2. The van der Waals surface area contributed by atoms with Crippen molar-refractivity contribution in [3.05, 3.63) is 53.9 Å².